The van der Waals surface area contributed by atoms with Gasteiger partial charge in [0.05, 0.1) is 0 Å². The Morgan fingerprint density at radius 3 is 2.16 bits per heavy atom. The topological polar surface area (TPSA) is 58.6 Å². The van der Waals surface area contributed by atoms with Crippen LogP contribution in [0.4, 0.5) is 0 Å². The van der Waals surface area contributed by atoms with Gasteiger partial charge in [-0.15, -0.1) is 0 Å². The number of ether oxygens (including phenoxy) is 1. The number of carbonyl (C=O) groups is 2. The summed E-state index contributed by atoms with van der Waals surface area (Å²) in [4.78, 5) is 27.9. The molecule has 1 aliphatic rings. The lowest BCUT2D eigenvalue weighted by Crippen LogP contribution is -2.41. The molecular weight excluding hydrogens is 400 g/mol. The molecule has 4 rings (SSSR count). The average molecular weight is 427 g/mol. The Hall–Kier alpha value is -3.86. The number of rotatable bonds is 6. The molecular formula is C27H26N2O3. The summed E-state index contributed by atoms with van der Waals surface area (Å²) in [6, 6.07) is 25.9. The largest absolute Gasteiger partial charge is 0.457 e. The molecule has 0 spiro atoms. The third kappa shape index (κ3) is 5.64. The summed E-state index contributed by atoms with van der Waals surface area (Å²) in [7, 11) is 0. The summed E-state index contributed by atoms with van der Waals surface area (Å²) in [6.45, 7) is 1.41. The molecule has 1 saturated heterocycles. The van der Waals surface area contributed by atoms with Gasteiger partial charge in [-0.1, -0.05) is 48.5 Å². The van der Waals surface area contributed by atoms with E-state index < -0.39 is 0 Å². The van der Waals surface area contributed by atoms with E-state index in [0.717, 1.165) is 30.6 Å². The molecule has 32 heavy (non-hydrogen) atoms. The fraction of sp³-hybridized carbons (Fsp3) is 0.185. The molecule has 2 amide bonds. The van der Waals surface area contributed by atoms with E-state index >= 15 is 0 Å². The third-order valence-corrected chi connectivity index (χ3v) is 5.31. The summed E-state index contributed by atoms with van der Waals surface area (Å²) in [6.07, 6.45) is 4.80. The predicted molar refractivity (Wildman–Crippen MR) is 125 cm³/mol. The number of likely N-dealkylation sites (tertiary alicyclic amines) is 1. The zero-order valence-electron chi connectivity index (χ0n) is 17.9. The van der Waals surface area contributed by atoms with Gasteiger partial charge in [0.1, 0.15) is 17.2 Å². The number of hydrogen-bond donors (Lipinski definition) is 1. The molecule has 0 saturated carbocycles. The average Bonchev–Trinajstić information content (AvgIpc) is 2.85. The van der Waals surface area contributed by atoms with Crippen molar-refractivity contribution in [1.29, 1.82) is 0 Å². The zero-order chi connectivity index (χ0) is 22.2. The van der Waals surface area contributed by atoms with Crippen molar-refractivity contribution in [3.8, 4) is 11.5 Å². The second-order valence-electron chi connectivity index (χ2n) is 7.72. The van der Waals surface area contributed by atoms with Gasteiger partial charge < -0.3 is 15.0 Å². The summed E-state index contributed by atoms with van der Waals surface area (Å²) in [5, 5.41) is 2.84. The number of nitrogens with one attached hydrogen (secondary N) is 1. The fourth-order valence-electron chi connectivity index (χ4n) is 3.66. The molecule has 162 valence electrons. The van der Waals surface area contributed by atoms with E-state index in [4.69, 9.17) is 4.74 Å². The maximum absolute atomic E-state index is 13.3. The van der Waals surface area contributed by atoms with Crippen molar-refractivity contribution in [1.82, 2.24) is 10.2 Å². The van der Waals surface area contributed by atoms with Crippen molar-refractivity contribution in [3.05, 3.63) is 102 Å². The van der Waals surface area contributed by atoms with Crippen LogP contribution in [0.15, 0.2) is 90.6 Å². The number of para-hydroxylation sites is 1. The van der Waals surface area contributed by atoms with E-state index in [1.165, 1.54) is 0 Å². The van der Waals surface area contributed by atoms with Crippen LogP contribution in [0.25, 0.3) is 6.08 Å². The highest BCUT2D eigenvalue weighted by Gasteiger charge is 2.22. The number of nitrogens with zero attached hydrogens (tertiary/aromatic N) is 1. The van der Waals surface area contributed by atoms with Crippen molar-refractivity contribution in [2.75, 3.05) is 13.1 Å². The normalized spacial score (nSPS) is 14.0. The molecule has 0 bridgehead atoms. The first-order valence-corrected chi connectivity index (χ1v) is 10.9. The molecule has 1 aliphatic heterocycles. The van der Waals surface area contributed by atoms with Gasteiger partial charge in [0.25, 0.3) is 11.8 Å². The van der Waals surface area contributed by atoms with Crippen molar-refractivity contribution < 1.29 is 14.3 Å². The number of amides is 2. The Bertz CT molecular complexity index is 1090. The van der Waals surface area contributed by atoms with Crippen LogP contribution in [0.5, 0.6) is 11.5 Å². The maximum Gasteiger partial charge on any atom is 0.270 e. The van der Waals surface area contributed by atoms with Gasteiger partial charge in [-0.2, -0.15) is 0 Å². The molecule has 0 atom stereocenters. The van der Waals surface area contributed by atoms with Crippen molar-refractivity contribution in [2.24, 2.45) is 0 Å². The Kier molecular flexibility index (Phi) is 6.98. The highest BCUT2D eigenvalue weighted by molar-refractivity contribution is 6.05. The van der Waals surface area contributed by atoms with Crippen LogP contribution in [0, 0.1) is 0 Å². The molecule has 1 N–H and O–H groups in total. The number of benzene rings is 3. The van der Waals surface area contributed by atoms with Crippen LogP contribution in [0.1, 0.15) is 35.2 Å². The van der Waals surface area contributed by atoms with Gasteiger partial charge in [-0.05, 0) is 67.3 Å². The lowest BCUT2D eigenvalue weighted by molar-refractivity contribution is -0.128. The van der Waals surface area contributed by atoms with Crippen LogP contribution >= 0.6 is 0 Å². The third-order valence-electron chi connectivity index (χ3n) is 5.31. The Balaban J connectivity index is 1.60. The van der Waals surface area contributed by atoms with Gasteiger partial charge in [-0.25, -0.2) is 0 Å². The highest BCUT2D eigenvalue weighted by atomic mass is 16.5. The lowest BCUT2D eigenvalue weighted by Gasteiger charge is -2.27. The number of hydrogen-bond acceptors (Lipinski definition) is 3. The summed E-state index contributed by atoms with van der Waals surface area (Å²) < 4.78 is 5.92. The van der Waals surface area contributed by atoms with E-state index in [2.05, 4.69) is 5.32 Å². The van der Waals surface area contributed by atoms with E-state index in [0.29, 0.717) is 24.4 Å². The zero-order valence-corrected chi connectivity index (χ0v) is 17.9. The minimum absolute atomic E-state index is 0.164. The maximum atomic E-state index is 13.3. The predicted octanol–water partition coefficient (Wildman–Crippen LogP) is 5.26. The summed E-state index contributed by atoms with van der Waals surface area (Å²) >= 11 is 0. The molecule has 3 aromatic carbocycles. The Labute approximate surface area is 188 Å². The van der Waals surface area contributed by atoms with E-state index in [9.17, 15) is 9.59 Å². The van der Waals surface area contributed by atoms with Crippen LogP contribution < -0.4 is 10.1 Å². The summed E-state index contributed by atoms with van der Waals surface area (Å²) in [5.41, 5.74) is 1.54. The van der Waals surface area contributed by atoms with Crippen molar-refractivity contribution in [3.63, 3.8) is 0 Å². The van der Waals surface area contributed by atoms with Crippen LogP contribution in [0.3, 0.4) is 0 Å². The van der Waals surface area contributed by atoms with Crippen LogP contribution in [-0.2, 0) is 4.79 Å². The molecule has 1 heterocycles. The SMILES string of the molecule is O=C(NC(=Cc1cccc(Oc2ccccc2)c1)C(=O)N1CCCCC1)c1ccccc1. The van der Waals surface area contributed by atoms with Gasteiger partial charge >= 0.3 is 0 Å². The summed E-state index contributed by atoms with van der Waals surface area (Å²) in [5.74, 6) is 0.919. The molecule has 3 aromatic rings. The minimum Gasteiger partial charge on any atom is -0.457 e. The Morgan fingerprint density at radius 1 is 0.781 bits per heavy atom. The molecule has 0 aliphatic carbocycles. The van der Waals surface area contributed by atoms with Crippen molar-refractivity contribution >= 4 is 17.9 Å². The molecule has 0 unspecified atom stereocenters. The molecule has 0 radical (unpaired) electrons. The number of piperidine rings is 1. The first-order chi connectivity index (χ1) is 15.7. The lowest BCUT2D eigenvalue weighted by atomic mass is 10.1. The van der Waals surface area contributed by atoms with Gasteiger partial charge in [0.2, 0.25) is 0 Å². The van der Waals surface area contributed by atoms with E-state index in [1.54, 1.807) is 30.3 Å². The smallest absolute Gasteiger partial charge is 0.270 e. The van der Waals surface area contributed by atoms with Gasteiger partial charge in [0, 0.05) is 18.7 Å². The first-order valence-electron chi connectivity index (χ1n) is 10.9. The van der Waals surface area contributed by atoms with Crippen LogP contribution in [-0.4, -0.2) is 29.8 Å². The number of carbonyl (C=O) groups excluding carboxylic acids is 2. The van der Waals surface area contributed by atoms with Gasteiger partial charge in [0.15, 0.2) is 0 Å². The molecule has 0 aromatic heterocycles. The van der Waals surface area contributed by atoms with Gasteiger partial charge in [-0.3, -0.25) is 9.59 Å². The standard InChI is InChI=1S/C27H26N2O3/c30-26(22-12-4-1-5-13-22)28-25(27(31)29-17-8-3-9-18-29)20-21-11-10-16-24(19-21)32-23-14-6-2-7-15-23/h1-2,4-7,10-16,19-20H,3,8-9,17-18H2,(H,28,30). The second-order valence-corrected chi connectivity index (χ2v) is 7.72. The Morgan fingerprint density at radius 2 is 1.44 bits per heavy atom. The van der Waals surface area contributed by atoms with E-state index in [-0.39, 0.29) is 17.5 Å². The highest BCUT2D eigenvalue weighted by Crippen LogP contribution is 2.23. The van der Waals surface area contributed by atoms with E-state index in [1.807, 2.05) is 65.6 Å². The monoisotopic (exact) mass is 426 g/mol. The molecule has 1 fully saturated rings. The van der Waals surface area contributed by atoms with Crippen molar-refractivity contribution in [2.45, 2.75) is 19.3 Å². The quantitative estimate of drug-likeness (QED) is 0.547. The first kappa shape index (κ1) is 21.4. The van der Waals surface area contributed by atoms with Crippen LogP contribution in [0.2, 0.25) is 0 Å². The molecule has 5 heteroatoms. The second kappa shape index (κ2) is 10.4. The minimum atomic E-state index is -0.307. The fourth-order valence-corrected chi connectivity index (χ4v) is 3.66. The molecule has 5 nitrogen and oxygen atoms in total.